The van der Waals surface area contributed by atoms with Crippen LogP contribution in [0.5, 0.6) is 0 Å². The summed E-state index contributed by atoms with van der Waals surface area (Å²) in [4.78, 5) is 25.5. The summed E-state index contributed by atoms with van der Waals surface area (Å²) in [6, 6.07) is 7.05. The van der Waals surface area contributed by atoms with Gasteiger partial charge in [-0.2, -0.15) is 0 Å². The molecule has 1 aromatic carbocycles. The topological polar surface area (TPSA) is 61.4 Å². The fraction of sp³-hybridized carbons (Fsp3) is 0.412. The van der Waals surface area contributed by atoms with Crippen molar-refractivity contribution in [2.45, 2.75) is 25.7 Å². The molecule has 2 amide bonds. The number of likely N-dealkylation sites (tertiary alicyclic amines) is 1. The Labute approximate surface area is 131 Å². The molecule has 5 heteroatoms. The van der Waals surface area contributed by atoms with Crippen LogP contribution in [0.15, 0.2) is 36.9 Å². The number of hydrogen-bond donors (Lipinski definition) is 2. The number of anilines is 2. The highest BCUT2D eigenvalue weighted by Gasteiger charge is 2.11. The minimum atomic E-state index is -0.252. The maximum Gasteiger partial charge on any atom is 0.247 e. The second-order valence-electron chi connectivity index (χ2n) is 5.47. The maximum atomic E-state index is 11.9. The van der Waals surface area contributed by atoms with Crippen LogP contribution in [-0.2, 0) is 9.59 Å². The lowest BCUT2D eigenvalue weighted by atomic mass is 10.1. The van der Waals surface area contributed by atoms with E-state index in [1.54, 1.807) is 24.3 Å². The summed E-state index contributed by atoms with van der Waals surface area (Å²) in [6.45, 7) is 6.42. The predicted octanol–water partition coefficient (Wildman–Crippen LogP) is 2.63. The highest BCUT2D eigenvalue weighted by atomic mass is 16.2. The molecule has 118 valence electrons. The molecule has 0 bridgehead atoms. The van der Waals surface area contributed by atoms with Crippen LogP contribution in [0.2, 0.25) is 0 Å². The number of piperidine rings is 1. The van der Waals surface area contributed by atoms with Gasteiger partial charge in [-0.3, -0.25) is 9.59 Å². The first-order valence-electron chi connectivity index (χ1n) is 7.73. The smallest absolute Gasteiger partial charge is 0.247 e. The molecule has 0 atom stereocenters. The van der Waals surface area contributed by atoms with Crippen LogP contribution >= 0.6 is 0 Å². The number of nitrogens with one attached hydrogen (secondary N) is 2. The van der Waals surface area contributed by atoms with Crippen LogP contribution in [0.3, 0.4) is 0 Å². The second kappa shape index (κ2) is 8.34. The van der Waals surface area contributed by atoms with E-state index >= 15 is 0 Å². The number of carbonyl (C=O) groups is 2. The maximum absolute atomic E-state index is 11.9. The number of nitrogens with zero attached hydrogens (tertiary/aromatic N) is 1. The van der Waals surface area contributed by atoms with Crippen LogP contribution in [0.4, 0.5) is 11.4 Å². The summed E-state index contributed by atoms with van der Waals surface area (Å²) in [5.74, 6) is -0.230. The normalized spacial score (nSPS) is 15.1. The van der Waals surface area contributed by atoms with E-state index < -0.39 is 0 Å². The Bertz CT molecular complexity index is 519. The van der Waals surface area contributed by atoms with E-state index in [-0.39, 0.29) is 11.8 Å². The zero-order chi connectivity index (χ0) is 15.8. The largest absolute Gasteiger partial charge is 0.326 e. The van der Waals surface area contributed by atoms with Crippen LogP contribution < -0.4 is 10.6 Å². The number of amides is 2. The van der Waals surface area contributed by atoms with Crippen molar-refractivity contribution < 1.29 is 9.59 Å². The quantitative estimate of drug-likeness (QED) is 0.794. The molecule has 0 saturated carbocycles. The van der Waals surface area contributed by atoms with Gasteiger partial charge < -0.3 is 15.5 Å². The molecule has 22 heavy (non-hydrogen) atoms. The molecular formula is C17H23N3O2. The van der Waals surface area contributed by atoms with Gasteiger partial charge >= 0.3 is 0 Å². The van der Waals surface area contributed by atoms with Crippen LogP contribution in [0.25, 0.3) is 0 Å². The van der Waals surface area contributed by atoms with Gasteiger partial charge in [0.2, 0.25) is 11.8 Å². The minimum absolute atomic E-state index is 0.0217. The molecule has 5 nitrogen and oxygen atoms in total. The number of rotatable bonds is 6. The Morgan fingerprint density at radius 1 is 1.05 bits per heavy atom. The summed E-state index contributed by atoms with van der Waals surface area (Å²) in [7, 11) is 0. The third-order valence-corrected chi connectivity index (χ3v) is 3.73. The average molecular weight is 301 g/mol. The Kier molecular flexibility index (Phi) is 6.15. The van der Waals surface area contributed by atoms with E-state index in [9.17, 15) is 9.59 Å². The summed E-state index contributed by atoms with van der Waals surface area (Å²) < 4.78 is 0. The Morgan fingerprint density at radius 2 is 1.64 bits per heavy atom. The molecule has 1 aliphatic heterocycles. The van der Waals surface area contributed by atoms with Crippen molar-refractivity contribution in [3.63, 3.8) is 0 Å². The Balaban J connectivity index is 1.76. The van der Waals surface area contributed by atoms with E-state index in [4.69, 9.17) is 0 Å². The molecule has 0 aliphatic carbocycles. The molecule has 0 spiro atoms. The van der Waals surface area contributed by atoms with Crippen molar-refractivity contribution in [1.82, 2.24) is 4.90 Å². The van der Waals surface area contributed by atoms with Crippen LogP contribution in [0, 0.1) is 0 Å². The monoisotopic (exact) mass is 301 g/mol. The van der Waals surface area contributed by atoms with E-state index in [0.717, 1.165) is 25.3 Å². The predicted molar refractivity (Wildman–Crippen MR) is 88.8 cm³/mol. The summed E-state index contributed by atoms with van der Waals surface area (Å²) >= 11 is 0. The van der Waals surface area contributed by atoms with Crippen molar-refractivity contribution in [2.24, 2.45) is 0 Å². The molecular weight excluding hydrogens is 278 g/mol. The van der Waals surface area contributed by atoms with Crippen LogP contribution in [-0.4, -0.2) is 36.3 Å². The van der Waals surface area contributed by atoms with E-state index in [1.807, 2.05) is 0 Å². The SMILES string of the molecule is C=CC(=O)Nc1ccc(NC(=O)CCN2CCCCC2)cc1. The summed E-state index contributed by atoms with van der Waals surface area (Å²) in [5.41, 5.74) is 1.41. The first-order valence-corrected chi connectivity index (χ1v) is 7.73. The van der Waals surface area contributed by atoms with Crippen molar-refractivity contribution in [3.05, 3.63) is 36.9 Å². The van der Waals surface area contributed by atoms with Crippen molar-refractivity contribution in [2.75, 3.05) is 30.3 Å². The van der Waals surface area contributed by atoms with Gasteiger partial charge in [-0.05, 0) is 56.3 Å². The third kappa shape index (κ3) is 5.33. The van der Waals surface area contributed by atoms with E-state index in [1.165, 1.54) is 25.3 Å². The lowest BCUT2D eigenvalue weighted by molar-refractivity contribution is -0.116. The van der Waals surface area contributed by atoms with Gasteiger partial charge in [0, 0.05) is 24.3 Å². The summed E-state index contributed by atoms with van der Waals surface area (Å²) in [6.07, 6.45) is 5.50. The highest BCUT2D eigenvalue weighted by Crippen LogP contribution is 2.14. The Hall–Kier alpha value is -2.14. The standard InChI is InChI=1S/C17H23N3O2/c1-2-16(21)18-14-6-8-15(9-7-14)19-17(22)10-13-20-11-4-3-5-12-20/h2,6-9H,1,3-5,10-13H2,(H,18,21)(H,19,22). The molecule has 1 aromatic rings. The zero-order valence-electron chi connectivity index (χ0n) is 12.8. The van der Waals surface area contributed by atoms with Gasteiger partial charge in [0.15, 0.2) is 0 Å². The molecule has 1 fully saturated rings. The van der Waals surface area contributed by atoms with E-state index in [0.29, 0.717) is 12.1 Å². The fourth-order valence-electron chi connectivity index (χ4n) is 2.50. The average Bonchev–Trinajstić information content (AvgIpc) is 2.55. The highest BCUT2D eigenvalue weighted by molar-refractivity contribution is 5.99. The van der Waals surface area contributed by atoms with Gasteiger partial charge in [-0.15, -0.1) is 0 Å². The van der Waals surface area contributed by atoms with Gasteiger partial charge in [0.05, 0.1) is 0 Å². The number of hydrogen-bond acceptors (Lipinski definition) is 3. The molecule has 2 rings (SSSR count). The van der Waals surface area contributed by atoms with E-state index in [2.05, 4.69) is 22.1 Å². The summed E-state index contributed by atoms with van der Waals surface area (Å²) in [5, 5.41) is 5.54. The van der Waals surface area contributed by atoms with Crippen LogP contribution in [0.1, 0.15) is 25.7 Å². The van der Waals surface area contributed by atoms with Gasteiger partial charge in [-0.25, -0.2) is 0 Å². The third-order valence-electron chi connectivity index (χ3n) is 3.73. The van der Waals surface area contributed by atoms with Crippen molar-refractivity contribution >= 4 is 23.2 Å². The van der Waals surface area contributed by atoms with Gasteiger partial charge in [0.25, 0.3) is 0 Å². The lowest BCUT2D eigenvalue weighted by Crippen LogP contribution is -2.32. The molecule has 0 aromatic heterocycles. The lowest BCUT2D eigenvalue weighted by Gasteiger charge is -2.25. The van der Waals surface area contributed by atoms with Gasteiger partial charge in [0.1, 0.15) is 0 Å². The molecule has 0 radical (unpaired) electrons. The molecule has 1 aliphatic rings. The zero-order valence-corrected chi connectivity index (χ0v) is 12.8. The molecule has 1 saturated heterocycles. The molecule has 0 unspecified atom stereocenters. The first kappa shape index (κ1) is 16.2. The van der Waals surface area contributed by atoms with Gasteiger partial charge in [-0.1, -0.05) is 13.0 Å². The second-order valence-corrected chi connectivity index (χ2v) is 5.47. The Morgan fingerprint density at radius 3 is 2.23 bits per heavy atom. The van der Waals surface area contributed by atoms with Crippen molar-refractivity contribution in [1.29, 1.82) is 0 Å². The minimum Gasteiger partial charge on any atom is -0.326 e. The number of benzene rings is 1. The molecule has 2 N–H and O–H groups in total. The number of carbonyl (C=O) groups excluding carboxylic acids is 2. The fourth-order valence-corrected chi connectivity index (χ4v) is 2.50. The molecule has 1 heterocycles. The first-order chi connectivity index (χ1) is 10.7. The van der Waals surface area contributed by atoms with Crippen molar-refractivity contribution in [3.8, 4) is 0 Å².